The Morgan fingerprint density at radius 2 is 1.98 bits per heavy atom. The predicted molar refractivity (Wildman–Crippen MR) is 144 cm³/mol. The van der Waals surface area contributed by atoms with E-state index in [9.17, 15) is 28.2 Å². The smallest absolute Gasteiger partial charge is 0.416 e. The van der Waals surface area contributed by atoms with Crippen LogP contribution in [0.4, 0.5) is 13.2 Å². The number of benzene rings is 2. The van der Waals surface area contributed by atoms with Crippen LogP contribution in [-0.4, -0.2) is 70.9 Å². The Morgan fingerprint density at radius 1 is 1.25 bits per heavy atom. The lowest BCUT2D eigenvalue weighted by atomic mass is 9.48. The highest BCUT2D eigenvalue weighted by Crippen LogP contribution is 2.61. The van der Waals surface area contributed by atoms with Gasteiger partial charge in [-0.25, -0.2) is 0 Å². The van der Waals surface area contributed by atoms with Crippen molar-refractivity contribution in [2.45, 2.75) is 61.4 Å². The summed E-state index contributed by atoms with van der Waals surface area (Å²) in [5, 5.41) is 23.2. The van der Waals surface area contributed by atoms with Crippen molar-refractivity contribution < 1.29 is 32.9 Å². The van der Waals surface area contributed by atoms with Gasteiger partial charge >= 0.3 is 6.18 Å². The van der Waals surface area contributed by atoms with Crippen molar-refractivity contribution >= 4 is 5.91 Å². The summed E-state index contributed by atoms with van der Waals surface area (Å²) in [6.45, 7) is 5.26. The minimum Gasteiger partial charge on any atom is -0.504 e. The third-order valence-corrected chi connectivity index (χ3v) is 9.17. The minimum absolute atomic E-state index is 0.0129. The molecule has 3 aliphatic rings. The number of piperidine rings is 1. The first-order chi connectivity index (χ1) is 18.9. The second-order valence-electron chi connectivity index (χ2n) is 11.0. The van der Waals surface area contributed by atoms with Crippen LogP contribution in [0.15, 0.2) is 49.1 Å². The maximum Gasteiger partial charge on any atom is 0.416 e. The minimum atomic E-state index is -4.44. The van der Waals surface area contributed by atoms with Crippen LogP contribution in [-0.2, 0) is 22.8 Å². The topological polar surface area (TPSA) is 73.2 Å². The number of likely N-dealkylation sites (tertiary alicyclic amines) is 1. The molecular formula is C31H33F3N2O4. The molecule has 2 aromatic carbocycles. The molecule has 1 saturated carbocycles. The van der Waals surface area contributed by atoms with Crippen LogP contribution in [0, 0.1) is 11.8 Å². The van der Waals surface area contributed by atoms with Crippen LogP contribution in [0.1, 0.15) is 47.9 Å². The number of phenolic OH excluding ortho intramolecular Hbond substituents is 1. The summed E-state index contributed by atoms with van der Waals surface area (Å²) >= 11 is 0. The molecule has 0 aromatic heterocycles. The number of aliphatic hydroxyl groups is 1. The third kappa shape index (κ3) is 4.43. The van der Waals surface area contributed by atoms with E-state index < -0.39 is 28.7 Å². The molecule has 2 fully saturated rings. The zero-order chi connectivity index (χ0) is 28.9. The highest BCUT2D eigenvalue weighted by Gasteiger charge is 2.66. The Labute approximate surface area is 232 Å². The van der Waals surface area contributed by atoms with Gasteiger partial charge in [0.25, 0.3) is 5.91 Å². The van der Waals surface area contributed by atoms with Gasteiger partial charge in [-0.2, -0.15) is 13.2 Å². The lowest BCUT2D eigenvalue weighted by molar-refractivity contribution is -0.175. The normalized spacial score (nSPS) is 27.4. The zero-order valence-corrected chi connectivity index (χ0v) is 22.6. The quantitative estimate of drug-likeness (QED) is 0.437. The number of carbonyl (C=O) groups excluding carboxylic acids is 1. The number of alkyl halides is 3. The molecule has 1 saturated heterocycles. The number of phenols is 1. The molecule has 2 bridgehead atoms. The van der Waals surface area contributed by atoms with E-state index in [0.717, 1.165) is 29.8 Å². The Morgan fingerprint density at radius 3 is 2.62 bits per heavy atom. The molecule has 0 spiro atoms. The fourth-order valence-electron chi connectivity index (χ4n) is 7.20. The molecule has 212 valence electrons. The number of ether oxygens (including phenoxy) is 1. The average Bonchev–Trinajstić information content (AvgIpc) is 2.92. The number of aromatic hydroxyl groups is 1. The molecule has 4 atom stereocenters. The van der Waals surface area contributed by atoms with Crippen LogP contribution in [0.2, 0.25) is 0 Å². The molecule has 1 heterocycles. The predicted octanol–water partition coefficient (Wildman–Crippen LogP) is 4.27. The SMILES string of the molecule is C=CCN1CC[C@]23C[C@@H](N(C)C(=O)C#Cc4ccc(C(F)(F)F)cc4)CC[C@@]2(O)[C@H]1Cc1ccc(O)c(OC)c13. The second kappa shape index (κ2) is 10.2. The van der Waals surface area contributed by atoms with Crippen molar-refractivity contribution in [1.29, 1.82) is 0 Å². The van der Waals surface area contributed by atoms with E-state index in [1.165, 1.54) is 19.2 Å². The summed E-state index contributed by atoms with van der Waals surface area (Å²) in [7, 11) is 3.18. The van der Waals surface area contributed by atoms with E-state index in [1.807, 2.05) is 12.1 Å². The maximum absolute atomic E-state index is 13.1. The Hall–Kier alpha value is -3.48. The van der Waals surface area contributed by atoms with Crippen molar-refractivity contribution in [3.63, 3.8) is 0 Å². The molecule has 2 aromatic rings. The van der Waals surface area contributed by atoms with Crippen LogP contribution < -0.4 is 4.74 Å². The molecule has 5 rings (SSSR count). The molecule has 2 N–H and O–H groups in total. The molecule has 40 heavy (non-hydrogen) atoms. The van der Waals surface area contributed by atoms with Crippen LogP contribution >= 0.6 is 0 Å². The first-order valence-corrected chi connectivity index (χ1v) is 13.4. The van der Waals surface area contributed by atoms with E-state index in [0.29, 0.717) is 50.0 Å². The summed E-state index contributed by atoms with van der Waals surface area (Å²) < 4.78 is 44.3. The van der Waals surface area contributed by atoms with Crippen molar-refractivity contribution in [2.24, 2.45) is 0 Å². The molecule has 6 nitrogen and oxygen atoms in total. The van der Waals surface area contributed by atoms with Gasteiger partial charge in [0.2, 0.25) is 0 Å². The van der Waals surface area contributed by atoms with E-state index in [1.54, 1.807) is 18.0 Å². The fourth-order valence-corrected chi connectivity index (χ4v) is 7.20. The summed E-state index contributed by atoms with van der Waals surface area (Å²) in [5.41, 5.74) is -0.504. The summed E-state index contributed by atoms with van der Waals surface area (Å²) in [5.74, 6) is 5.18. The summed E-state index contributed by atoms with van der Waals surface area (Å²) in [6, 6.07) is 7.50. The molecular weight excluding hydrogens is 521 g/mol. The first kappa shape index (κ1) is 28.1. The number of amides is 1. The number of fused-ring (bicyclic) bond motifs is 1. The van der Waals surface area contributed by atoms with Crippen molar-refractivity contribution in [1.82, 2.24) is 9.80 Å². The lowest BCUT2D eigenvalue weighted by Crippen LogP contribution is -2.74. The Bertz CT molecular complexity index is 1380. The van der Waals surface area contributed by atoms with Crippen molar-refractivity contribution in [2.75, 3.05) is 27.2 Å². The molecule has 0 radical (unpaired) electrons. The van der Waals surface area contributed by atoms with Gasteiger partial charge in [0.1, 0.15) is 0 Å². The maximum atomic E-state index is 13.1. The van der Waals surface area contributed by atoms with E-state index in [2.05, 4.69) is 23.3 Å². The van der Waals surface area contributed by atoms with Crippen molar-refractivity contribution in [3.8, 4) is 23.3 Å². The van der Waals surface area contributed by atoms with Crippen LogP contribution in [0.5, 0.6) is 11.5 Å². The van der Waals surface area contributed by atoms with Gasteiger partial charge in [0.05, 0.1) is 18.3 Å². The van der Waals surface area contributed by atoms with Crippen LogP contribution in [0.3, 0.4) is 0 Å². The Kier molecular flexibility index (Phi) is 7.13. The molecule has 2 aliphatic carbocycles. The van der Waals surface area contributed by atoms with E-state index >= 15 is 0 Å². The van der Waals surface area contributed by atoms with Crippen molar-refractivity contribution in [3.05, 3.63) is 71.3 Å². The van der Waals surface area contributed by atoms with Gasteiger partial charge in [0.15, 0.2) is 11.5 Å². The number of methoxy groups -OCH3 is 1. The fraction of sp³-hybridized carbons (Fsp3) is 0.452. The zero-order valence-electron chi connectivity index (χ0n) is 22.6. The van der Waals surface area contributed by atoms with E-state index in [4.69, 9.17) is 4.74 Å². The summed E-state index contributed by atoms with van der Waals surface area (Å²) in [4.78, 5) is 17.0. The first-order valence-electron chi connectivity index (χ1n) is 13.4. The molecule has 1 aliphatic heterocycles. The Balaban J connectivity index is 1.46. The average molecular weight is 555 g/mol. The number of hydrogen-bond acceptors (Lipinski definition) is 5. The molecule has 1 amide bonds. The lowest BCUT2D eigenvalue weighted by Gasteiger charge is -2.65. The molecule has 0 unspecified atom stereocenters. The highest BCUT2D eigenvalue weighted by molar-refractivity contribution is 5.94. The van der Waals surface area contributed by atoms with Gasteiger partial charge in [-0.15, -0.1) is 6.58 Å². The van der Waals surface area contributed by atoms with Crippen LogP contribution in [0.25, 0.3) is 0 Å². The van der Waals surface area contributed by atoms with Gasteiger partial charge < -0.3 is 19.8 Å². The standard InChI is InChI=1S/C31H33F3N2O4/c1-4-16-36-17-15-29-19-23(35(2)26(38)12-7-20-5-9-22(10-6-20)31(32,33)34)13-14-30(29,39)25(36)18-21-8-11-24(37)28(40-3)27(21)29/h4-6,8-11,23,25,37,39H,1,13-19H2,2-3H3/t23-,25+,29+,30+/m0/s1. The highest BCUT2D eigenvalue weighted by atomic mass is 19.4. The monoisotopic (exact) mass is 554 g/mol. The van der Waals surface area contributed by atoms with E-state index in [-0.39, 0.29) is 17.8 Å². The second-order valence-corrected chi connectivity index (χ2v) is 11.0. The third-order valence-electron chi connectivity index (χ3n) is 9.17. The van der Waals surface area contributed by atoms with Gasteiger partial charge in [-0.3, -0.25) is 9.69 Å². The van der Waals surface area contributed by atoms with Gasteiger partial charge in [-0.1, -0.05) is 18.1 Å². The number of hydrogen-bond donors (Lipinski definition) is 2. The number of halogens is 3. The number of carbonyl (C=O) groups is 1. The van der Waals surface area contributed by atoms with Gasteiger partial charge in [-0.05, 0) is 74.5 Å². The molecule has 9 heteroatoms. The number of nitrogens with zero attached hydrogens (tertiary/aromatic N) is 2. The largest absolute Gasteiger partial charge is 0.504 e. The summed E-state index contributed by atoms with van der Waals surface area (Å²) in [6.07, 6.45) is 0.0695. The van der Waals surface area contributed by atoms with Gasteiger partial charge in [0, 0.05) is 48.1 Å². The number of rotatable bonds is 4.